The van der Waals surface area contributed by atoms with Crippen LogP contribution in [0.4, 0.5) is 15.8 Å². The van der Waals surface area contributed by atoms with E-state index in [1.807, 2.05) is 0 Å². The summed E-state index contributed by atoms with van der Waals surface area (Å²) in [6.07, 6.45) is 1.79. The second-order valence-electron chi connectivity index (χ2n) is 6.70. The van der Waals surface area contributed by atoms with Crippen LogP contribution in [0.1, 0.15) is 28.8 Å². The van der Waals surface area contributed by atoms with Crippen LogP contribution in [0, 0.1) is 15.9 Å². The quantitative estimate of drug-likeness (QED) is 0.404. The maximum Gasteiger partial charge on any atom is 0.293 e. The van der Waals surface area contributed by atoms with Gasteiger partial charge in [0.05, 0.1) is 11.5 Å². The van der Waals surface area contributed by atoms with Gasteiger partial charge in [0.1, 0.15) is 11.5 Å². The van der Waals surface area contributed by atoms with E-state index >= 15 is 0 Å². The molecule has 7 nitrogen and oxygen atoms in total. The summed E-state index contributed by atoms with van der Waals surface area (Å²) in [4.78, 5) is 25.7. The van der Waals surface area contributed by atoms with Crippen molar-refractivity contribution in [2.75, 3.05) is 25.6 Å². The van der Waals surface area contributed by atoms with Crippen molar-refractivity contribution in [1.29, 1.82) is 0 Å². The zero-order chi connectivity index (χ0) is 20.1. The number of nitrogens with one attached hydrogen (secondary N) is 1. The molecule has 0 aromatic heterocycles. The zero-order valence-electron chi connectivity index (χ0n) is 15.6. The van der Waals surface area contributed by atoms with Crippen molar-refractivity contribution in [2.45, 2.75) is 25.4 Å². The van der Waals surface area contributed by atoms with Crippen LogP contribution in [-0.2, 0) is 11.3 Å². The summed E-state index contributed by atoms with van der Waals surface area (Å²) in [7, 11) is 1.55. The molecule has 0 bridgehead atoms. The molecular weight excluding hydrogens is 365 g/mol. The lowest BCUT2D eigenvalue weighted by Gasteiger charge is -2.23. The molecule has 0 saturated heterocycles. The maximum absolute atomic E-state index is 13.1. The number of anilines is 1. The fraction of sp³-hybridized carbons (Fsp3) is 0.350. The lowest BCUT2D eigenvalue weighted by molar-refractivity contribution is -0.384. The number of halogens is 1. The van der Waals surface area contributed by atoms with E-state index in [0.29, 0.717) is 25.4 Å². The van der Waals surface area contributed by atoms with E-state index < -0.39 is 4.92 Å². The molecule has 0 atom stereocenters. The van der Waals surface area contributed by atoms with E-state index in [2.05, 4.69) is 5.32 Å². The molecule has 0 radical (unpaired) electrons. The van der Waals surface area contributed by atoms with Crippen LogP contribution < -0.4 is 5.32 Å². The van der Waals surface area contributed by atoms with Gasteiger partial charge in [-0.15, -0.1) is 0 Å². The molecule has 1 saturated carbocycles. The first-order valence-electron chi connectivity index (χ1n) is 9.06. The van der Waals surface area contributed by atoms with Crippen molar-refractivity contribution in [3.05, 3.63) is 69.5 Å². The first kappa shape index (κ1) is 19.8. The van der Waals surface area contributed by atoms with E-state index in [1.165, 1.54) is 18.2 Å². The van der Waals surface area contributed by atoms with Gasteiger partial charge in [-0.25, -0.2) is 4.39 Å². The third kappa shape index (κ3) is 4.83. The Hall–Kier alpha value is -3.00. The van der Waals surface area contributed by atoms with Crippen molar-refractivity contribution in [1.82, 2.24) is 4.90 Å². The minimum absolute atomic E-state index is 0.108. The molecule has 1 fully saturated rings. The van der Waals surface area contributed by atoms with Crippen molar-refractivity contribution >= 4 is 17.3 Å². The second kappa shape index (κ2) is 8.79. The second-order valence-corrected chi connectivity index (χ2v) is 6.70. The molecule has 3 rings (SSSR count). The lowest BCUT2D eigenvalue weighted by Crippen LogP contribution is -2.32. The Morgan fingerprint density at radius 1 is 1.29 bits per heavy atom. The monoisotopic (exact) mass is 387 g/mol. The number of hydrogen-bond acceptors (Lipinski definition) is 5. The number of carbonyl (C=O) groups excluding carboxylic acids is 1. The fourth-order valence-electron chi connectivity index (χ4n) is 2.96. The van der Waals surface area contributed by atoms with Crippen LogP contribution in [0.15, 0.2) is 42.5 Å². The molecule has 2 aromatic rings. The number of nitrogens with zero attached hydrogens (tertiary/aromatic N) is 2. The fourth-order valence-corrected chi connectivity index (χ4v) is 2.96. The molecule has 148 valence electrons. The van der Waals surface area contributed by atoms with Crippen LogP contribution in [0.25, 0.3) is 0 Å². The average molecular weight is 387 g/mol. The lowest BCUT2D eigenvalue weighted by atomic mass is 10.1. The van der Waals surface area contributed by atoms with Crippen molar-refractivity contribution in [2.24, 2.45) is 0 Å². The van der Waals surface area contributed by atoms with Crippen molar-refractivity contribution < 1.29 is 18.8 Å². The number of hydrogen-bond donors (Lipinski definition) is 1. The van der Waals surface area contributed by atoms with Crippen LogP contribution in [0.5, 0.6) is 0 Å². The standard InChI is InChI=1S/C20H22FN3O4/c1-28-11-10-22-18-9-4-15(12-19(18)24(26)27)20(25)23(17-7-8-17)13-14-2-5-16(21)6-3-14/h2-6,9,12,17,22H,7-8,10-11,13H2,1H3. The number of carbonyl (C=O) groups is 1. The van der Waals surface area contributed by atoms with Crippen LogP contribution in [-0.4, -0.2) is 42.0 Å². The third-order valence-corrected chi connectivity index (χ3v) is 4.58. The van der Waals surface area contributed by atoms with E-state index in [-0.39, 0.29) is 29.0 Å². The normalized spacial score (nSPS) is 13.2. The van der Waals surface area contributed by atoms with Gasteiger partial charge in [-0.3, -0.25) is 14.9 Å². The van der Waals surface area contributed by atoms with E-state index in [1.54, 1.807) is 36.3 Å². The maximum atomic E-state index is 13.1. The molecule has 28 heavy (non-hydrogen) atoms. The highest BCUT2D eigenvalue weighted by molar-refractivity contribution is 5.96. The molecule has 1 amide bonds. The predicted molar refractivity (Wildman–Crippen MR) is 103 cm³/mol. The minimum Gasteiger partial charge on any atom is -0.383 e. The van der Waals surface area contributed by atoms with Crippen molar-refractivity contribution in [3.63, 3.8) is 0 Å². The summed E-state index contributed by atoms with van der Waals surface area (Å²) in [5.41, 5.74) is 1.27. The summed E-state index contributed by atoms with van der Waals surface area (Å²) in [5, 5.41) is 14.4. The van der Waals surface area contributed by atoms with Crippen LogP contribution in [0.2, 0.25) is 0 Å². The molecule has 1 aliphatic carbocycles. The Bertz CT molecular complexity index is 853. The Morgan fingerprint density at radius 3 is 2.61 bits per heavy atom. The van der Waals surface area contributed by atoms with Crippen LogP contribution >= 0.6 is 0 Å². The first-order valence-corrected chi connectivity index (χ1v) is 9.06. The number of rotatable bonds is 9. The zero-order valence-corrected chi connectivity index (χ0v) is 15.6. The Labute approximate surface area is 162 Å². The summed E-state index contributed by atoms with van der Waals surface area (Å²) in [6, 6.07) is 10.5. The average Bonchev–Trinajstić information content (AvgIpc) is 3.52. The molecular formula is C20H22FN3O4. The number of methoxy groups -OCH3 is 1. The van der Waals surface area contributed by atoms with Crippen LogP contribution in [0.3, 0.4) is 0 Å². The number of benzene rings is 2. The molecule has 0 unspecified atom stereocenters. The van der Waals surface area contributed by atoms with E-state index in [9.17, 15) is 19.3 Å². The molecule has 2 aromatic carbocycles. The number of nitro benzene ring substituents is 1. The summed E-state index contributed by atoms with van der Waals surface area (Å²) in [6.45, 7) is 1.17. The highest BCUT2D eigenvalue weighted by Crippen LogP contribution is 2.32. The smallest absolute Gasteiger partial charge is 0.293 e. The topological polar surface area (TPSA) is 84.7 Å². The molecule has 8 heteroatoms. The number of nitro groups is 1. The van der Waals surface area contributed by atoms with Gasteiger partial charge in [-0.1, -0.05) is 12.1 Å². The summed E-state index contributed by atoms with van der Waals surface area (Å²) < 4.78 is 18.1. The predicted octanol–water partition coefficient (Wildman–Crippen LogP) is 3.60. The van der Waals surface area contributed by atoms with Gasteiger partial charge in [0.25, 0.3) is 11.6 Å². The van der Waals surface area contributed by atoms with Gasteiger partial charge in [0.2, 0.25) is 0 Å². The Morgan fingerprint density at radius 2 is 2.00 bits per heavy atom. The van der Waals surface area contributed by atoms with Gasteiger partial charge in [0, 0.05) is 37.9 Å². The number of amides is 1. The third-order valence-electron chi connectivity index (χ3n) is 4.58. The highest BCUT2D eigenvalue weighted by Gasteiger charge is 2.33. The van der Waals surface area contributed by atoms with Gasteiger partial charge < -0.3 is 15.0 Å². The SMILES string of the molecule is COCCNc1ccc(C(=O)N(Cc2ccc(F)cc2)C2CC2)cc1[N+](=O)[O-]. The van der Waals surface area contributed by atoms with Gasteiger partial charge in [-0.05, 0) is 42.7 Å². The molecule has 1 N–H and O–H groups in total. The summed E-state index contributed by atoms with van der Waals surface area (Å²) >= 11 is 0. The van der Waals surface area contributed by atoms with E-state index in [4.69, 9.17) is 4.74 Å². The molecule has 0 aliphatic heterocycles. The minimum atomic E-state index is -0.507. The highest BCUT2D eigenvalue weighted by atomic mass is 19.1. The molecule has 0 spiro atoms. The molecule has 0 heterocycles. The number of ether oxygens (including phenoxy) is 1. The van der Waals surface area contributed by atoms with Gasteiger partial charge >= 0.3 is 0 Å². The van der Waals surface area contributed by atoms with Gasteiger partial charge in [0.15, 0.2) is 0 Å². The van der Waals surface area contributed by atoms with E-state index in [0.717, 1.165) is 18.4 Å². The Balaban J connectivity index is 1.81. The van der Waals surface area contributed by atoms with Crippen molar-refractivity contribution in [3.8, 4) is 0 Å². The summed E-state index contributed by atoms with van der Waals surface area (Å²) in [5.74, 6) is -0.599. The largest absolute Gasteiger partial charge is 0.383 e. The first-order chi connectivity index (χ1) is 13.5. The van der Waals surface area contributed by atoms with Gasteiger partial charge in [-0.2, -0.15) is 0 Å². The molecule has 1 aliphatic rings. The Kier molecular flexibility index (Phi) is 6.20.